The van der Waals surface area contributed by atoms with Gasteiger partial charge in [-0.25, -0.2) is 9.97 Å². The fourth-order valence-corrected chi connectivity index (χ4v) is 11.1. The van der Waals surface area contributed by atoms with Crippen molar-refractivity contribution in [3.8, 4) is 78.7 Å². The summed E-state index contributed by atoms with van der Waals surface area (Å²) in [7, 11) is 0. The first-order valence-corrected chi connectivity index (χ1v) is 26.1. The maximum Gasteiger partial charge on any atom is 0.416 e. The van der Waals surface area contributed by atoms with Crippen LogP contribution in [-0.4, -0.2) is 19.1 Å². The van der Waals surface area contributed by atoms with E-state index in [4.69, 9.17) is 9.97 Å². The number of halogens is 12. The smallest absolute Gasteiger partial charge is 0.309 e. The van der Waals surface area contributed by atoms with Gasteiger partial charge in [0.15, 0.2) is 5.82 Å². The Morgan fingerprint density at radius 2 is 0.679 bits per heavy atom. The third-order valence-corrected chi connectivity index (χ3v) is 15.0. The number of hydrogen-bond acceptors (Lipinski definition) is 2. The van der Waals surface area contributed by atoms with Crippen molar-refractivity contribution in [2.24, 2.45) is 0 Å². The topological polar surface area (TPSA) is 35.6 Å². The number of alkyl halides is 12. The van der Waals surface area contributed by atoms with E-state index in [1.807, 2.05) is 155 Å². The van der Waals surface area contributed by atoms with Gasteiger partial charge in [-0.1, -0.05) is 127 Å². The Balaban J connectivity index is 1.03. The number of benzene rings is 10. The predicted molar refractivity (Wildman–Crippen MR) is 303 cm³/mol. The van der Waals surface area contributed by atoms with Crippen molar-refractivity contribution in [1.82, 2.24) is 19.1 Å². The summed E-state index contributed by atoms with van der Waals surface area (Å²) in [6.45, 7) is 0. The lowest BCUT2D eigenvalue weighted by atomic mass is 9.97. The Bertz CT molecular complexity index is 4600. The fraction of sp³-hybridized carbons (Fsp3) is 0.0588. The molecule has 0 radical (unpaired) electrons. The molecule has 16 heteroatoms. The van der Waals surface area contributed by atoms with Crippen LogP contribution >= 0.6 is 0 Å². The van der Waals surface area contributed by atoms with Crippen LogP contribution in [0.3, 0.4) is 0 Å². The van der Waals surface area contributed by atoms with Crippen molar-refractivity contribution in [2.75, 3.05) is 0 Å². The van der Waals surface area contributed by atoms with Crippen molar-refractivity contribution < 1.29 is 52.7 Å². The van der Waals surface area contributed by atoms with E-state index >= 15 is 0 Å². The molecule has 13 aromatic rings. The van der Waals surface area contributed by atoms with Crippen molar-refractivity contribution in [2.45, 2.75) is 24.7 Å². The molecule has 0 fully saturated rings. The normalized spacial score (nSPS) is 12.5. The number of hydrogen-bond donors (Lipinski definition) is 0. The van der Waals surface area contributed by atoms with Gasteiger partial charge in [-0.3, -0.25) is 0 Å². The van der Waals surface area contributed by atoms with Crippen molar-refractivity contribution in [3.63, 3.8) is 0 Å². The summed E-state index contributed by atoms with van der Waals surface area (Å²) >= 11 is 0. The number of para-hydroxylation sites is 2. The summed E-state index contributed by atoms with van der Waals surface area (Å²) in [5, 5.41) is 2.42. The zero-order valence-corrected chi connectivity index (χ0v) is 43.3. The minimum absolute atomic E-state index is 0.0970. The van der Waals surface area contributed by atoms with E-state index < -0.39 is 47.0 Å². The molecule has 0 amide bonds. The van der Waals surface area contributed by atoms with Gasteiger partial charge in [-0.2, -0.15) is 52.7 Å². The molecule has 0 unspecified atom stereocenters. The molecular weight excluding hydrogens is 1100 g/mol. The molecule has 0 atom stereocenters. The Morgan fingerprint density at radius 1 is 0.262 bits per heavy atom. The minimum atomic E-state index is -5.07. The van der Waals surface area contributed by atoms with Gasteiger partial charge >= 0.3 is 24.7 Å². The molecule has 0 saturated carbocycles. The molecule has 0 bridgehead atoms. The molecule has 0 spiro atoms. The monoisotopic (exact) mass is 1140 g/mol. The molecule has 0 aliphatic heterocycles. The molecule has 13 rings (SSSR count). The van der Waals surface area contributed by atoms with Crippen LogP contribution in [0.2, 0.25) is 0 Å². The van der Waals surface area contributed by atoms with Gasteiger partial charge in [0.2, 0.25) is 0 Å². The van der Waals surface area contributed by atoms with E-state index in [0.717, 1.165) is 11.1 Å². The molecule has 4 nitrogen and oxygen atoms in total. The SMILES string of the molecule is FC(F)(F)c1cc(-c2ccc3c(c2)c2ccccc2n3-c2cccc(-c3cc(-c4cc(-c5ccccc5)nc(-c5ccccc5)n4)ccc3-n3c4ccccc4c4cc(-c5cc(C(F)(F)F)cc(C(F)(F)F)c5)ccc43)c2)cc(C(F)(F)F)c1. The number of rotatable bonds is 8. The van der Waals surface area contributed by atoms with E-state index in [2.05, 4.69) is 0 Å². The zero-order chi connectivity index (χ0) is 58.5. The Labute approximate surface area is 469 Å². The third kappa shape index (κ3) is 9.76. The number of nitrogens with zero attached hydrogens (tertiary/aromatic N) is 4. The van der Waals surface area contributed by atoms with E-state index in [-0.39, 0.29) is 34.4 Å². The first-order valence-electron chi connectivity index (χ1n) is 26.1. The van der Waals surface area contributed by atoms with Crippen molar-refractivity contribution in [3.05, 3.63) is 253 Å². The van der Waals surface area contributed by atoms with Crippen LogP contribution in [0.15, 0.2) is 231 Å². The molecule has 3 aromatic heterocycles. The quantitative estimate of drug-likeness (QED) is 0.142. The Kier molecular flexibility index (Phi) is 12.6. The van der Waals surface area contributed by atoms with Gasteiger partial charge in [0, 0.05) is 49.5 Å². The lowest BCUT2D eigenvalue weighted by Gasteiger charge is -2.18. The molecule has 84 heavy (non-hydrogen) atoms. The summed E-state index contributed by atoms with van der Waals surface area (Å²) in [6.07, 6.45) is -20.2. The molecule has 0 aliphatic rings. The number of aromatic nitrogens is 4. The largest absolute Gasteiger partial charge is 0.416 e. The van der Waals surface area contributed by atoms with Crippen LogP contribution in [0.4, 0.5) is 52.7 Å². The van der Waals surface area contributed by atoms with Gasteiger partial charge < -0.3 is 9.13 Å². The Morgan fingerprint density at radius 3 is 1.19 bits per heavy atom. The predicted octanol–water partition coefficient (Wildman–Crippen LogP) is 20.7. The average Bonchev–Trinajstić information content (AvgIpc) is 2.04. The van der Waals surface area contributed by atoms with Gasteiger partial charge in [0.05, 0.1) is 61.4 Å². The van der Waals surface area contributed by atoms with Gasteiger partial charge in [-0.05, 0) is 131 Å². The molecule has 0 saturated heterocycles. The highest BCUT2D eigenvalue weighted by Gasteiger charge is 2.39. The second-order valence-electron chi connectivity index (χ2n) is 20.2. The summed E-state index contributed by atoms with van der Waals surface area (Å²) in [5.41, 5.74) is 2.54. The zero-order valence-electron chi connectivity index (χ0n) is 43.3. The fourth-order valence-electron chi connectivity index (χ4n) is 11.1. The van der Waals surface area contributed by atoms with Crippen LogP contribution < -0.4 is 0 Å². The van der Waals surface area contributed by atoms with Gasteiger partial charge in [0.1, 0.15) is 0 Å². The summed E-state index contributed by atoms with van der Waals surface area (Å²) in [4.78, 5) is 10.1. The third-order valence-electron chi connectivity index (χ3n) is 15.0. The molecule has 0 aliphatic carbocycles. The Hall–Kier alpha value is -9.96. The molecule has 10 aromatic carbocycles. The van der Waals surface area contributed by atoms with Crippen LogP contribution in [-0.2, 0) is 24.7 Å². The maximum atomic E-state index is 14.2. The molecule has 3 heterocycles. The molecular formula is C68H38F12N4. The van der Waals surface area contributed by atoms with E-state index in [0.29, 0.717) is 113 Å². The summed E-state index contributed by atoms with van der Waals surface area (Å²) in [5.74, 6) is 0.462. The highest BCUT2D eigenvalue weighted by Crippen LogP contribution is 2.45. The van der Waals surface area contributed by atoms with Crippen LogP contribution in [0.5, 0.6) is 0 Å². The second kappa shape index (κ2) is 19.9. The lowest BCUT2D eigenvalue weighted by molar-refractivity contribution is -0.144. The average molecular weight is 1140 g/mol. The van der Waals surface area contributed by atoms with Crippen molar-refractivity contribution >= 4 is 43.6 Å². The van der Waals surface area contributed by atoms with Crippen molar-refractivity contribution in [1.29, 1.82) is 0 Å². The first-order chi connectivity index (χ1) is 40.1. The lowest BCUT2D eigenvalue weighted by Crippen LogP contribution is -2.11. The molecule has 414 valence electrons. The van der Waals surface area contributed by atoms with Crippen LogP contribution in [0.25, 0.3) is 122 Å². The van der Waals surface area contributed by atoms with E-state index in [9.17, 15) is 52.7 Å². The standard InChI is InChI=1S/C68H38F12N4/c69-65(70,71)47-28-45(29-48(36-47)66(72,73)74)41-22-25-62-55(33-41)52-18-7-9-20-59(52)83(62)51-17-11-16-43(32-51)54-35-44(58-38-57(39-12-3-1-4-13-39)81-64(82-58)40-14-5-2-6-15-40)24-27-61(54)84-60-21-10-8-19-53(60)56-34-42(23-26-63(56)84)46-30-49(67(75,76)77)37-50(31-46)68(78,79)80/h1-38H. The summed E-state index contributed by atoms with van der Waals surface area (Å²) < 4.78 is 174. The second-order valence-corrected chi connectivity index (χ2v) is 20.2. The number of fused-ring (bicyclic) bond motifs is 6. The van der Waals surface area contributed by atoms with Crippen LogP contribution in [0.1, 0.15) is 22.3 Å². The first kappa shape index (κ1) is 53.4. The maximum absolute atomic E-state index is 14.2. The van der Waals surface area contributed by atoms with E-state index in [1.54, 1.807) is 36.4 Å². The highest BCUT2D eigenvalue weighted by molar-refractivity contribution is 6.12. The highest BCUT2D eigenvalue weighted by atomic mass is 19.4. The molecule has 0 N–H and O–H groups in total. The van der Waals surface area contributed by atoms with E-state index in [1.165, 1.54) is 12.1 Å². The van der Waals surface area contributed by atoms with Gasteiger partial charge in [-0.15, -0.1) is 0 Å². The minimum Gasteiger partial charge on any atom is -0.309 e. The van der Waals surface area contributed by atoms with Crippen LogP contribution in [0, 0.1) is 0 Å². The van der Waals surface area contributed by atoms with Gasteiger partial charge in [0.25, 0.3) is 0 Å². The summed E-state index contributed by atoms with van der Waals surface area (Å²) in [6, 6.07) is 61.5.